The van der Waals surface area contributed by atoms with E-state index in [1.807, 2.05) is 12.1 Å². The molecule has 0 fully saturated rings. The molecule has 0 amide bonds. The van der Waals surface area contributed by atoms with Gasteiger partial charge in [0.1, 0.15) is 18.6 Å². The first-order valence-electron chi connectivity index (χ1n) is 9.32. The van der Waals surface area contributed by atoms with Crippen LogP contribution in [0.4, 0.5) is 0 Å². The molecule has 3 aromatic rings. The molecule has 0 spiro atoms. The van der Waals surface area contributed by atoms with Gasteiger partial charge in [-0.3, -0.25) is 9.69 Å². The summed E-state index contributed by atoms with van der Waals surface area (Å²) in [5, 5.41) is 0.754. The molecule has 1 aliphatic heterocycles. The zero-order chi connectivity index (χ0) is 21.3. The van der Waals surface area contributed by atoms with Gasteiger partial charge in [-0.25, -0.2) is 8.42 Å². The summed E-state index contributed by atoms with van der Waals surface area (Å²) >= 11 is 6.25. The standard InChI is InChI=1S/C22H20ClNO5S/c1-30(26,27)18-7-5-15(6-8-18)13-29-22-14-28-17(9-21(22)25)11-24-10-16-3-2-4-20(23)19(16)12-24/h2-9,14H,10-13H2,1H3. The van der Waals surface area contributed by atoms with E-state index in [0.29, 0.717) is 18.8 Å². The maximum Gasteiger partial charge on any atom is 0.227 e. The minimum Gasteiger partial charge on any atom is -0.482 e. The third kappa shape index (κ3) is 4.59. The van der Waals surface area contributed by atoms with Crippen molar-refractivity contribution in [2.75, 3.05) is 6.26 Å². The van der Waals surface area contributed by atoms with Crippen LogP contribution in [0.15, 0.2) is 68.9 Å². The van der Waals surface area contributed by atoms with Crippen molar-refractivity contribution >= 4 is 21.4 Å². The SMILES string of the molecule is CS(=O)(=O)c1ccc(COc2coc(CN3Cc4cccc(Cl)c4C3)cc2=O)cc1. The van der Waals surface area contributed by atoms with E-state index in [4.69, 9.17) is 20.8 Å². The molecule has 0 radical (unpaired) electrons. The van der Waals surface area contributed by atoms with Crippen LogP contribution in [-0.4, -0.2) is 19.6 Å². The Balaban J connectivity index is 1.38. The summed E-state index contributed by atoms with van der Waals surface area (Å²) in [5.41, 5.74) is 2.78. The van der Waals surface area contributed by atoms with Crippen molar-refractivity contribution in [2.45, 2.75) is 31.1 Å². The molecule has 30 heavy (non-hydrogen) atoms. The number of halogens is 1. The van der Waals surface area contributed by atoms with E-state index in [1.54, 1.807) is 12.1 Å². The topological polar surface area (TPSA) is 76.8 Å². The van der Waals surface area contributed by atoms with Crippen molar-refractivity contribution < 1.29 is 17.6 Å². The first-order chi connectivity index (χ1) is 14.3. The van der Waals surface area contributed by atoms with Crippen molar-refractivity contribution in [1.82, 2.24) is 4.90 Å². The Morgan fingerprint density at radius 1 is 1.13 bits per heavy atom. The highest BCUT2D eigenvalue weighted by Crippen LogP contribution is 2.29. The Bertz CT molecular complexity index is 1240. The minimum absolute atomic E-state index is 0.110. The Morgan fingerprint density at radius 3 is 2.57 bits per heavy atom. The van der Waals surface area contributed by atoms with Gasteiger partial charge in [-0.1, -0.05) is 35.9 Å². The number of nitrogens with zero attached hydrogens (tertiary/aromatic N) is 1. The van der Waals surface area contributed by atoms with Crippen LogP contribution >= 0.6 is 11.6 Å². The van der Waals surface area contributed by atoms with Crippen LogP contribution in [-0.2, 0) is 36.1 Å². The van der Waals surface area contributed by atoms with Crippen molar-refractivity contribution in [3.8, 4) is 5.75 Å². The van der Waals surface area contributed by atoms with Crippen LogP contribution in [0.5, 0.6) is 5.75 Å². The molecule has 0 N–H and O–H groups in total. The van der Waals surface area contributed by atoms with Crippen LogP contribution in [0.3, 0.4) is 0 Å². The fraction of sp³-hybridized carbons (Fsp3) is 0.227. The number of ether oxygens (including phenoxy) is 1. The van der Waals surface area contributed by atoms with E-state index in [9.17, 15) is 13.2 Å². The molecule has 6 nitrogen and oxygen atoms in total. The molecule has 0 unspecified atom stereocenters. The third-order valence-electron chi connectivity index (χ3n) is 4.97. The Hall–Kier alpha value is -2.61. The molecular weight excluding hydrogens is 426 g/mol. The van der Waals surface area contributed by atoms with Crippen molar-refractivity contribution in [1.29, 1.82) is 0 Å². The number of fused-ring (bicyclic) bond motifs is 1. The van der Waals surface area contributed by atoms with Crippen LogP contribution in [0.25, 0.3) is 0 Å². The lowest BCUT2D eigenvalue weighted by atomic mass is 10.1. The highest BCUT2D eigenvalue weighted by atomic mass is 35.5. The predicted octanol–water partition coefficient (Wildman–Crippen LogP) is 3.79. The van der Waals surface area contributed by atoms with E-state index in [2.05, 4.69) is 11.0 Å². The van der Waals surface area contributed by atoms with Gasteiger partial charge in [0.25, 0.3) is 0 Å². The quantitative estimate of drug-likeness (QED) is 0.574. The van der Waals surface area contributed by atoms with Crippen LogP contribution < -0.4 is 10.2 Å². The van der Waals surface area contributed by atoms with E-state index in [0.717, 1.165) is 29.0 Å². The zero-order valence-electron chi connectivity index (χ0n) is 16.3. The molecule has 8 heteroatoms. The largest absolute Gasteiger partial charge is 0.482 e. The fourth-order valence-corrected chi connectivity index (χ4v) is 4.29. The Kier molecular flexibility index (Phi) is 5.69. The lowest BCUT2D eigenvalue weighted by molar-refractivity contribution is 0.241. The molecule has 2 aromatic carbocycles. The van der Waals surface area contributed by atoms with Gasteiger partial charge in [-0.2, -0.15) is 0 Å². The predicted molar refractivity (Wildman–Crippen MR) is 113 cm³/mol. The molecule has 1 aromatic heterocycles. The first-order valence-corrected chi connectivity index (χ1v) is 11.6. The van der Waals surface area contributed by atoms with Gasteiger partial charge in [-0.15, -0.1) is 0 Å². The second-order valence-electron chi connectivity index (χ2n) is 7.30. The molecule has 0 saturated carbocycles. The summed E-state index contributed by atoms with van der Waals surface area (Å²) in [4.78, 5) is 14.8. The minimum atomic E-state index is -3.25. The maximum atomic E-state index is 12.4. The van der Waals surface area contributed by atoms with E-state index in [-0.39, 0.29) is 22.7 Å². The molecule has 0 bridgehead atoms. The average molecular weight is 446 g/mol. The van der Waals surface area contributed by atoms with E-state index >= 15 is 0 Å². The highest BCUT2D eigenvalue weighted by Gasteiger charge is 2.22. The summed E-state index contributed by atoms with van der Waals surface area (Å²) in [5.74, 6) is 0.660. The Labute approximate surface area is 179 Å². The number of benzene rings is 2. The third-order valence-corrected chi connectivity index (χ3v) is 6.45. The molecular formula is C22H20ClNO5S. The highest BCUT2D eigenvalue weighted by molar-refractivity contribution is 7.90. The summed E-state index contributed by atoms with van der Waals surface area (Å²) in [6.45, 7) is 2.09. The van der Waals surface area contributed by atoms with Gasteiger partial charge in [0, 0.05) is 30.4 Å². The van der Waals surface area contributed by atoms with Crippen LogP contribution in [0, 0.1) is 0 Å². The van der Waals surface area contributed by atoms with Gasteiger partial charge in [0.15, 0.2) is 9.84 Å². The molecule has 1 aliphatic rings. The van der Waals surface area contributed by atoms with Gasteiger partial charge in [0.2, 0.25) is 11.2 Å². The molecule has 2 heterocycles. The second-order valence-corrected chi connectivity index (χ2v) is 9.73. The molecule has 156 valence electrons. The average Bonchev–Trinajstić information content (AvgIpc) is 3.11. The molecule has 0 atom stereocenters. The summed E-state index contributed by atoms with van der Waals surface area (Å²) in [6.07, 6.45) is 2.47. The van der Waals surface area contributed by atoms with Crippen molar-refractivity contribution in [3.05, 3.63) is 92.5 Å². The maximum absolute atomic E-state index is 12.4. The lowest BCUT2D eigenvalue weighted by Gasteiger charge is -2.14. The number of rotatable bonds is 6. The number of hydrogen-bond donors (Lipinski definition) is 0. The monoisotopic (exact) mass is 445 g/mol. The summed E-state index contributed by atoms with van der Waals surface area (Å²) in [7, 11) is -3.25. The molecule has 0 aliphatic carbocycles. The van der Waals surface area contributed by atoms with Gasteiger partial charge in [-0.05, 0) is 34.9 Å². The molecule has 4 rings (SSSR count). The van der Waals surface area contributed by atoms with Crippen molar-refractivity contribution in [3.63, 3.8) is 0 Å². The lowest BCUT2D eigenvalue weighted by Crippen LogP contribution is -2.17. The van der Waals surface area contributed by atoms with Crippen molar-refractivity contribution in [2.24, 2.45) is 0 Å². The van der Waals surface area contributed by atoms with Crippen LogP contribution in [0.1, 0.15) is 22.5 Å². The van der Waals surface area contributed by atoms with Gasteiger partial charge in [0.05, 0.1) is 11.4 Å². The summed E-state index contributed by atoms with van der Waals surface area (Å²) in [6, 6.07) is 13.6. The number of hydrogen-bond acceptors (Lipinski definition) is 6. The molecule has 0 saturated heterocycles. The fourth-order valence-electron chi connectivity index (χ4n) is 3.40. The zero-order valence-corrected chi connectivity index (χ0v) is 17.9. The normalized spacial score (nSPS) is 13.9. The number of sulfone groups is 1. The summed E-state index contributed by atoms with van der Waals surface area (Å²) < 4.78 is 34.2. The first kappa shape index (κ1) is 20.7. The van der Waals surface area contributed by atoms with E-state index in [1.165, 1.54) is 30.0 Å². The van der Waals surface area contributed by atoms with Gasteiger partial charge >= 0.3 is 0 Å². The smallest absolute Gasteiger partial charge is 0.227 e. The Morgan fingerprint density at radius 2 is 1.90 bits per heavy atom. The van der Waals surface area contributed by atoms with Crippen LogP contribution in [0.2, 0.25) is 5.02 Å². The van der Waals surface area contributed by atoms with Gasteiger partial charge < -0.3 is 9.15 Å². The van der Waals surface area contributed by atoms with E-state index < -0.39 is 9.84 Å². The second kappa shape index (κ2) is 8.26.